The van der Waals surface area contributed by atoms with Crippen LogP contribution in [-0.2, 0) is 0 Å². The van der Waals surface area contributed by atoms with Crippen LogP contribution in [0.1, 0.15) is 22.8 Å². The molecule has 1 aromatic carbocycles. The number of rotatable bonds is 4. The fourth-order valence-corrected chi connectivity index (χ4v) is 1.75. The third kappa shape index (κ3) is 3.12. The molecule has 0 radical (unpaired) electrons. The number of pyridine rings is 1. The number of benzene rings is 1. The molecule has 0 saturated heterocycles. The average molecular weight is 266 g/mol. The summed E-state index contributed by atoms with van der Waals surface area (Å²) in [5.74, 6) is -0.237. The van der Waals surface area contributed by atoms with E-state index in [1.807, 2.05) is 13.0 Å². The molecule has 5 nitrogen and oxygen atoms in total. The maximum atomic E-state index is 12.2. The number of aromatic nitrogens is 1. The smallest absolute Gasteiger partial charge is 0.259 e. The monoisotopic (exact) mass is 266 g/mol. The van der Waals surface area contributed by atoms with Gasteiger partial charge < -0.3 is 10.6 Å². The Bertz CT molecular complexity index is 644. The van der Waals surface area contributed by atoms with E-state index in [4.69, 9.17) is 5.26 Å². The number of hydrogen-bond acceptors (Lipinski definition) is 4. The zero-order chi connectivity index (χ0) is 14.4. The third-order valence-corrected chi connectivity index (χ3v) is 2.70. The second-order valence-electron chi connectivity index (χ2n) is 4.09. The van der Waals surface area contributed by atoms with Crippen LogP contribution in [0.25, 0.3) is 0 Å². The fourth-order valence-electron chi connectivity index (χ4n) is 1.75. The molecule has 2 aromatic rings. The summed E-state index contributed by atoms with van der Waals surface area (Å²) in [6.07, 6.45) is 3.16. The van der Waals surface area contributed by atoms with E-state index in [1.54, 1.807) is 36.5 Å². The van der Waals surface area contributed by atoms with Crippen molar-refractivity contribution in [3.8, 4) is 6.07 Å². The molecular formula is C15H14N4O. The number of hydrogen-bond donors (Lipinski definition) is 2. The van der Waals surface area contributed by atoms with Crippen LogP contribution in [0.5, 0.6) is 0 Å². The Morgan fingerprint density at radius 3 is 2.70 bits per heavy atom. The molecule has 0 aliphatic carbocycles. The van der Waals surface area contributed by atoms with Crippen molar-refractivity contribution in [2.45, 2.75) is 6.92 Å². The minimum Gasteiger partial charge on any atom is -0.385 e. The summed E-state index contributed by atoms with van der Waals surface area (Å²) in [6, 6.07) is 10.5. The third-order valence-electron chi connectivity index (χ3n) is 2.70. The standard InChI is InChI=1S/C15H14N4O/c1-2-18-14-7-8-17-10-13(14)15(20)19-12-5-3-11(9-16)4-6-12/h3-8,10H,2H2,1H3,(H,17,18)(H,19,20). The molecule has 0 aliphatic rings. The molecule has 20 heavy (non-hydrogen) atoms. The van der Waals surface area contributed by atoms with Gasteiger partial charge in [-0.25, -0.2) is 0 Å². The molecule has 2 N–H and O–H groups in total. The van der Waals surface area contributed by atoms with E-state index in [1.165, 1.54) is 6.20 Å². The van der Waals surface area contributed by atoms with Gasteiger partial charge in [-0.05, 0) is 37.3 Å². The lowest BCUT2D eigenvalue weighted by atomic mass is 10.2. The summed E-state index contributed by atoms with van der Waals surface area (Å²) in [6.45, 7) is 2.68. The number of nitrogens with one attached hydrogen (secondary N) is 2. The molecule has 2 rings (SSSR count). The molecule has 1 heterocycles. The van der Waals surface area contributed by atoms with Crippen LogP contribution in [-0.4, -0.2) is 17.4 Å². The molecule has 0 atom stereocenters. The Hall–Kier alpha value is -2.87. The van der Waals surface area contributed by atoms with Gasteiger partial charge in [-0.15, -0.1) is 0 Å². The number of carbonyl (C=O) groups excluding carboxylic acids is 1. The molecule has 0 saturated carbocycles. The van der Waals surface area contributed by atoms with E-state index in [0.717, 1.165) is 12.2 Å². The Morgan fingerprint density at radius 2 is 2.05 bits per heavy atom. The highest BCUT2D eigenvalue weighted by Crippen LogP contribution is 2.16. The Kier molecular flexibility index (Phi) is 4.30. The van der Waals surface area contributed by atoms with E-state index >= 15 is 0 Å². The van der Waals surface area contributed by atoms with Crippen molar-refractivity contribution in [3.63, 3.8) is 0 Å². The Morgan fingerprint density at radius 1 is 1.30 bits per heavy atom. The molecule has 0 aliphatic heterocycles. The topological polar surface area (TPSA) is 77.8 Å². The van der Waals surface area contributed by atoms with Crippen LogP contribution in [0.2, 0.25) is 0 Å². The van der Waals surface area contributed by atoms with Crippen LogP contribution in [0.3, 0.4) is 0 Å². The van der Waals surface area contributed by atoms with Crippen LogP contribution >= 0.6 is 0 Å². The highest BCUT2D eigenvalue weighted by Gasteiger charge is 2.11. The first kappa shape index (κ1) is 13.6. The normalized spacial score (nSPS) is 9.60. The molecule has 0 fully saturated rings. The first-order chi connectivity index (χ1) is 9.74. The number of nitriles is 1. The van der Waals surface area contributed by atoms with Crippen LogP contribution in [0, 0.1) is 11.3 Å². The summed E-state index contributed by atoms with van der Waals surface area (Å²) in [5.41, 5.74) is 2.42. The van der Waals surface area contributed by atoms with Crippen LogP contribution in [0.15, 0.2) is 42.7 Å². The van der Waals surface area contributed by atoms with E-state index in [-0.39, 0.29) is 5.91 Å². The molecule has 1 amide bonds. The minimum atomic E-state index is -0.237. The Labute approximate surface area is 117 Å². The lowest BCUT2D eigenvalue weighted by Crippen LogP contribution is -2.15. The first-order valence-corrected chi connectivity index (χ1v) is 6.24. The van der Waals surface area contributed by atoms with Crippen molar-refractivity contribution < 1.29 is 4.79 Å². The second-order valence-corrected chi connectivity index (χ2v) is 4.09. The van der Waals surface area contributed by atoms with Crippen LogP contribution < -0.4 is 10.6 Å². The molecule has 1 aromatic heterocycles. The van der Waals surface area contributed by atoms with E-state index < -0.39 is 0 Å². The van der Waals surface area contributed by atoms with Gasteiger partial charge in [0.05, 0.1) is 22.9 Å². The van der Waals surface area contributed by atoms with Crippen molar-refractivity contribution in [3.05, 3.63) is 53.9 Å². The number of amides is 1. The summed E-state index contributed by atoms with van der Waals surface area (Å²) in [4.78, 5) is 16.2. The van der Waals surface area contributed by atoms with Crippen LogP contribution in [0.4, 0.5) is 11.4 Å². The summed E-state index contributed by atoms with van der Waals surface area (Å²) in [7, 11) is 0. The van der Waals surface area contributed by atoms with Crippen molar-refractivity contribution in [2.24, 2.45) is 0 Å². The van der Waals surface area contributed by atoms with Crippen molar-refractivity contribution in [1.29, 1.82) is 5.26 Å². The van der Waals surface area contributed by atoms with Gasteiger partial charge in [0.1, 0.15) is 0 Å². The van der Waals surface area contributed by atoms with Crippen molar-refractivity contribution >= 4 is 17.3 Å². The highest BCUT2D eigenvalue weighted by molar-refractivity contribution is 6.07. The highest BCUT2D eigenvalue weighted by atomic mass is 16.1. The van der Waals surface area contributed by atoms with Crippen molar-refractivity contribution in [1.82, 2.24) is 4.98 Å². The maximum absolute atomic E-state index is 12.2. The second kappa shape index (κ2) is 6.34. The fraction of sp³-hybridized carbons (Fsp3) is 0.133. The largest absolute Gasteiger partial charge is 0.385 e. The maximum Gasteiger partial charge on any atom is 0.259 e. The first-order valence-electron chi connectivity index (χ1n) is 6.24. The predicted molar refractivity (Wildman–Crippen MR) is 77.5 cm³/mol. The van der Waals surface area contributed by atoms with Crippen molar-refractivity contribution in [2.75, 3.05) is 17.2 Å². The quantitative estimate of drug-likeness (QED) is 0.891. The average Bonchev–Trinajstić information content (AvgIpc) is 2.49. The molecule has 100 valence electrons. The summed E-state index contributed by atoms with van der Waals surface area (Å²) in [5, 5.41) is 14.6. The van der Waals surface area contributed by atoms with E-state index in [2.05, 4.69) is 15.6 Å². The number of anilines is 2. The Balaban J connectivity index is 2.17. The van der Waals surface area contributed by atoms with Gasteiger partial charge in [0, 0.05) is 24.6 Å². The molecule has 0 unspecified atom stereocenters. The lowest BCUT2D eigenvalue weighted by molar-refractivity contribution is 0.102. The zero-order valence-electron chi connectivity index (χ0n) is 11.1. The van der Waals surface area contributed by atoms with E-state index in [0.29, 0.717) is 16.8 Å². The van der Waals surface area contributed by atoms with Gasteiger partial charge in [-0.3, -0.25) is 9.78 Å². The molecule has 5 heteroatoms. The number of nitrogens with zero attached hydrogens (tertiary/aromatic N) is 2. The SMILES string of the molecule is CCNc1ccncc1C(=O)Nc1ccc(C#N)cc1. The zero-order valence-corrected chi connectivity index (χ0v) is 11.1. The summed E-state index contributed by atoms with van der Waals surface area (Å²) >= 11 is 0. The number of carbonyl (C=O) groups is 1. The van der Waals surface area contributed by atoms with Gasteiger partial charge in [0.25, 0.3) is 5.91 Å². The van der Waals surface area contributed by atoms with Gasteiger partial charge in [0.15, 0.2) is 0 Å². The van der Waals surface area contributed by atoms with Gasteiger partial charge >= 0.3 is 0 Å². The lowest BCUT2D eigenvalue weighted by Gasteiger charge is -2.10. The summed E-state index contributed by atoms with van der Waals surface area (Å²) < 4.78 is 0. The molecule has 0 spiro atoms. The van der Waals surface area contributed by atoms with Gasteiger partial charge in [0.2, 0.25) is 0 Å². The van der Waals surface area contributed by atoms with Gasteiger partial charge in [-0.2, -0.15) is 5.26 Å². The minimum absolute atomic E-state index is 0.237. The van der Waals surface area contributed by atoms with Gasteiger partial charge in [-0.1, -0.05) is 0 Å². The molecule has 0 bridgehead atoms. The predicted octanol–water partition coefficient (Wildman–Crippen LogP) is 2.64. The van der Waals surface area contributed by atoms with E-state index in [9.17, 15) is 4.79 Å². The molecular weight excluding hydrogens is 252 g/mol.